The molecular formula is C19H21NO2. The molecule has 0 saturated carbocycles. The lowest BCUT2D eigenvalue weighted by atomic mass is 9.99. The van der Waals surface area contributed by atoms with Crippen LogP contribution in [0.2, 0.25) is 0 Å². The zero-order valence-electron chi connectivity index (χ0n) is 13.2. The Hall–Kier alpha value is -2.55. The lowest BCUT2D eigenvalue weighted by Gasteiger charge is -2.09. The van der Waals surface area contributed by atoms with Crippen LogP contribution >= 0.6 is 0 Å². The molecule has 0 saturated heterocycles. The number of nitrogens with one attached hydrogen (secondary N) is 1. The van der Waals surface area contributed by atoms with Crippen LogP contribution in [0.1, 0.15) is 18.1 Å². The van der Waals surface area contributed by atoms with Crippen molar-refractivity contribution in [2.75, 3.05) is 19.0 Å². The fraction of sp³-hybridized carbons (Fsp3) is 0.211. The maximum Gasteiger partial charge on any atom is 0.330 e. The minimum absolute atomic E-state index is 0.316. The SMILES string of the molecule is CCOC(=O)C=Cc1ccc(-c2cc(NC)ccc2C)cc1. The van der Waals surface area contributed by atoms with Crippen LogP contribution in [0.4, 0.5) is 5.69 Å². The minimum atomic E-state index is -0.316. The molecule has 2 rings (SSSR count). The molecule has 22 heavy (non-hydrogen) atoms. The molecule has 0 aromatic heterocycles. The third-order valence-corrected chi connectivity index (χ3v) is 3.45. The summed E-state index contributed by atoms with van der Waals surface area (Å²) >= 11 is 0. The molecule has 0 aliphatic heterocycles. The van der Waals surface area contributed by atoms with E-state index in [-0.39, 0.29) is 5.97 Å². The molecule has 0 aliphatic carbocycles. The smallest absolute Gasteiger partial charge is 0.330 e. The zero-order chi connectivity index (χ0) is 15.9. The molecule has 0 radical (unpaired) electrons. The van der Waals surface area contributed by atoms with Crippen LogP contribution in [0.15, 0.2) is 48.5 Å². The summed E-state index contributed by atoms with van der Waals surface area (Å²) in [6.07, 6.45) is 3.21. The minimum Gasteiger partial charge on any atom is -0.463 e. The van der Waals surface area contributed by atoms with E-state index in [1.54, 1.807) is 13.0 Å². The van der Waals surface area contributed by atoms with Gasteiger partial charge in [0.05, 0.1) is 6.61 Å². The van der Waals surface area contributed by atoms with Crippen molar-refractivity contribution in [3.8, 4) is 11.1 Å². The Kier molecular flexibility index (Phi) is 5.37. The van der Waals surface area contributed by atoms with Crippen molar-refractivity contribution in [3.05, 3.63) is 59.7 Å². The Bertz CT molecular complexity index is 672. The molecule has 0 amide bonds. The molecule has 0 bridgehead atoms. The Morgan fingerprint density at radius 1 is 1.18 bits per heavy atom. The lowest BCUT2D eigenvalue weighted by Crippen LogP contribution is -1.98. The van der Waals surface area contributed by atoms with Gasteiger partial charge in [0.25, 0.3) is 0 Å². The largest absolute Gasteiger partial charge is 0.463 e. The van der Waals surface area contributed by atoms with Crippen LogP contribution in [-0.2, 0) is 9.53 Å². The molecule has 2 aromatic rings. The fourth-order valence-corrected chi connectivity index (χ4v) is 2.22. The van der Waals surface area contributed by atoms with Gasteiger partial charge in [0.15, 0.2) is 0 Å². The second-order valence-electron chi connectivity index (χ2n) is 4.99. The van der Waals surface area contributed by atoms with Crippen LogP contribution in [0, 0.1) is 6.92 Å². The van der Waals surface area contributed by atoms with Gasteiger partial charge >= 0.3 is 5.97 Å². The number of anilines is 1. The van der Waals surface area contributed by atoms with E-state index in [0.29, 0.717) is 6.61 Å². The molecule has 0 atom stereocenters. The third-order valence-electron chi connectivity index (χ3n) is 3.45. The zero-order valence-corrected chi connectivity index (χ0v) is 13.2. The number of benzene rings is 2. The van der Waals surface area contributed by atoms with Crippen LogP contribution in [0.5, 0.6) is 0 Å². The number of carbonyl (C=O) groups excluding carboxylic acids is 1. The first kappa shape index (κ1) is 15.8. The number of carbonyl (C=O) groups is 1. The summed E-state index contributed by atoms with van der Waals surface area (Å²) in [7, 11) is 1.91. The van der Waals surface area contributed by atoms with Crippen molar-refractivity contribution < 1.29 is 9.53 Å². The van der Waals surface area contributed by atoms with Gasteiger partial charge in [0, 0.05) is 18.8 Å². The lowest BCUT2D eigenvalue weighted by molar-refractivity contribution is -0.137. The molecule has 0 spiro atoms. The van der Waals surface area contributed by atoms with Gasteiger partial charge in [-0.25, -0.2) is 4.79 Å². The highest BCUT2D eigenvalue weighted by molar-refractivity contribution is 5.87. The van der Waals surface area contributed by atoms with E-state index in [1.165, 1.54) is 17.2 Å². The molecule has 0 aliphatic rings. The Labute approximate surface area is 131 Å². The number of rotatable bonds is 5. The summed E-state index contributed by atoms with van der Waals surface area (Å²) in [6, 6.07) is 14.4. The molecule has 0 fully saturated rings. The summed E-state index contributed by atoms with van der Waals surface area (Å²) in [5, 5.41) is 3.16. The predicted molar refractivity (Wildman–Crippen MR) is 91.8 cm³/mol. The predicted octanol–water partition coefficient (Wildman–Crippen LogP) is 4.28. The Morgan fingerprint density at radius 3 is 2.55 bits per heavy atom. The van der Waals surface area contributed by atoms with Crippen molar-refractivity contribution in [2.24, 2.45) is 0 Å². The van der Waals surface area contributed by atoms with Gasteiger partial charge in [0.1, 0.15) is 0 Å². The van der Waals surface area contributed by atoms with Crippen LogP contribution < -0.4 is 5.32 Å². The number of ether oxygens (including phenoxy) is 1. The van der Waals surface area contributed by atoms with Gasteiger partial charge in [-0.2, -0.15) is 0 Å². The first-order chi connectivity index (χ1) is 10.6. The van der Waals surface area contributed by atoms with Gasteiger partial charge < -0.3 is 10.1 Å². The topological polar surface area (TPSA) is 38.3 Å². The highest BCUT2D eigenvalue weighted by Gasteiger charge is 2.03. The van der Waals surface area contributed by atoms with Gasteiger partial charge in [0.2, 0.25) is 0 Å². The maximum absolute atomic E-state index is 11.3. The molecule has 2 aromatic carbocycles. The van der Waals surface area contributed by atoms with Crippen molar-refractivity contribution in [1.82, 2.24) is 0 Å². The standard InChI is InChI=1S/C19H21NO2/c1-4-22-19(21)12-8-15-6-9-16(10-7-15)18-13-17(20-3)11-5-14(18)2/h5-13,20H,4H2,1-3H3. The molecule has 3 heteroatoms. The van der Waals surface area contributed by atoms with E-state index in [1.807, 2.05) is 19.2 Å². The van der Waals surface area contributed by atoms with Gasteiger partial charge in [-0.1, -0.05) is 30.3 Å². The van der Waals surface area contributed by atoms with Crippen LogP contribution in [0.25, 0.3) is 17.2 Å². The fourth-order valence-electron chi connectivity index (χ4n) is 2.22. The molecule has 0 unspecified atom stereocenters. The number of hydrogen-bond acceptors (Lipinski definition) is 3. The van der Waals surface area contributed by atoms with Gasteiger partial charge in [-0.15, -0.1) is 0 Å². The monoisotopic (exact) mass is 295 g/mol. The first-order valence-electron chi connectivity index (χ1n) is 7.37. The molecule has 0 heterocycles. The molecule has 1 N–H and O–H groups in total. The highest BCUT2D eigenvalue weighted by atomic mass is 16.5. The van der Waals surface area contributed by atoms with E-state index >= 15 is 0 Å². The van der Waals surface area contributed by atoms with E-state index in [0.717, 1.165) is 16.8 Å². The second-order valence-corrected chi connectivity index (χ2v) is 4.99. The average Bonchev–Trinajstić information content (AvgIpc) is 2.54. The highest BCUT2D eigenvalue weighted by Crippen LogP contribution is 2.27. The molecular weight excluding hydrogens is 274 g/mol. The van der Waals surface area contributed by atoms with Crippen molar-refractivity contribution in [2.45, 2.75) is 13.8 Å². The third kappa shape index (κ3) is 3.98. The second kappa shape index (κ2) is 7.46. The van der Waals surface area contributed by atoms with Crippen molar-refractivity contribution in [3.63, 3.8) is 0 Å². The number of aryl methyl sites for hydroxylation is 1. The summed E-state index contributed by atoms with van der Waals surface area (Å²) in [5.74, 6) is -0.316. The Morgan fingerprint density at radius 2 is 1.91 bits per heavy atom. The number of hydrogen-bond donors (Lipinski definition) is 1. The quantitative estimate of drug-likeness (QED) is 0.661. The van der Waals surface area contributed by atoms with E-state index in [4.69, 9.17) is 4.74 Å². The maximum atomic E-state index is 11.3. The summed E-state index contributed by atoms with van der Waals surface area (Å²) in [5.41, 5.74) is 5.65. The van der Waals surface area contributed by atoms with Gasteiger partial charge in [-0.3, -0.25) is 0 Å². The average molecular weight is 295 g/mol. The van der Waals surface area contributed by atoms with Crippen molar-refractivity contribution in [1.29, 1.82) is 0 Å². The van der Waals surface area contributed by atoms with E-state index in [2.05, 4.69) is 42.6 Å². The normalized spacial score (nSPS) is 10.7. The Balaban J connectivity index is 2.20. The molecule has 114 valence electrons. The first-order valence-corrected chi connectivity index (χ1v) is 7.37. The van der Waals surface area contributed by atoms with Crippen molar-refractivity contribution >= 4 is 17.7 Å². The molecule has 3 nitrogen and oxygen atoms in total. The van der Waals surface area contributed by atoms with Crippen LogP contribution in [-0.4, -0.2) is 19.6 Å². The van der Waals surface area contributed by atoms with Gasteiger partial charge in [-0.05, 0) is 54.3 Å². The number of esters is 1. The summed E-state index contributed by atoms with van der Waals surface area (Å²) < 4.78 is 4.87. The van der Waals surface area contributed by atoms with E-state index in [9.17, 15) is 4.79 Å². The van der Waals surface area contributed by atoms with Crippen LogP contribution in [0.3, 0.4) is 0 Å². The summed E-state index contributed by atoms with van der Waals surface area (Å²) in [6.45, 7) is 4.29. The summed E-state index contributed by atoms with van der Waals surface area (Å²) in [4.78, 5) is 11.3. The van der Waals surface area contributed by atoms with E-state index < -0.39 is 0 Å².